The molecule has 0 saturated carbocycles. The molecule has 0 spiro atoms. The van der Waals surface area contributed by atoms with Crippen molar-refractivity contribution in [3.8, 4) is 5.75 Å². The predicted octanol–water partition coefficient (Wildman–Crippen LogP) is 2.87. The Morgan fingerprint density at radius 3 is 2.60 bits per heavy atom. The highest BCUT2D eigenvalue weighted by Gasteiger charge is 2.28. The van der Waals surface area contributed by atoms with Crippen LogP contribution in [0.3, 0.4) is 0 Å². The summed E-state index contributed by atoms with van der Waals surface area (Å²) in [6.07, 6.45) is 1.29. The maximum atomic E-state index is 12.4. The van der Waals surface area contributed by atoms with Gasteiger partial charge in [0.2, 0.25) is 5.91 Å². The number of rotatable bonds is 6. The molecule has 0 aliphatic carbocycles. The summed E-state index contributed by atoms with van der Waals surface area (Å²) >= 11 is 6.09. The van der Waals surface area contributed by atoms with Crippen LogP contribution in [0.25, 0.3) is 0 Å². The highest BCUT2D eigenvalue weighted by atomic mass is 35.5. The molecule has 1 aromatic carbocycles. The number of ether oxygens (including phenoxy) is 2. The lowest BCUT2D eigenvalue weighted by molar-refractivity contribution is -0.151. The van der Waals surface area contributed by atoms with Crippen molar-refractivity contribution in [3.05, 3.63) is 22.7 Å². The summed E-state index contributed by atoms with van der Waals surface area (Å²) in [6, 6.07) is 3.59. The molecule has 0 aromatic heterocycles. The standard InChI is InChI=1S/C18H25ClN2O4/c1-4-25-18(23)13-5-7-21(8-6-13)17(22)11-20-15-9-12(2)14(19)10-16(15)24-3/h9-10,13,20H,4-8,11H2,1-3H3. The molecule has 1 aliphatic rings. The van der Waals surface area contributed by atoms with Crippen molar-refractivity contribution in [2.45, 2.75) is 26.7 Å². The Balaban J connectivity index is 1.88. The molecule has 6 nitrogen and oxygen atoms in total. The quantitative estimate of drug-likeness (QED) is 0.782. The van der Waals surface area contributed by atoms with Crippen molar-refractivity contribution in [2.75, 3.05) is 38.7 Å². The summed E-state index contributed by atoms with van der Waals surface area (Å²) in [5.74, 6) is 0.339. The molecule has 138 valence electrons. The SMILES string of the molecule is CCOC(=O)C1CCN(C(=O)CNc2cc(C)c(Cl)cc2OC)CC1. The topological polar surface area (TPSA) is 67.9 Å². The fourth-order valence-electron chi connectivity index (χ4n) is 2.88. The average Bonchev–Trinajstić information content (AvgIpc) is 2.62. The van der Waals surface area contributed by atoms with Gasteiger partial charge < -0.3 is 19.7 Å². The number of nitrogens with zero attached hydrogens (tertiary/aromatic N) is 1. The summed E-state index contributed by atoms with van der Waals surface area (Å²) in [4.78, 5) is 25.9. The Hall–Kier alpha value is -1.95. The number of benzene rings is 1. The van der Waals surface area contributed by atoms with Gasteiger partial charge in [0.25, 0.3) is 0 Å². The second-order valence-electron chi connectivity index (χ2n) is 6.06. The van der Waals surface area contributed by atoms with Crippen molar-refractivity contribution in [3.63, 3.8) is 0 Å². The van der Waals surface area contributed by atoms with Gasteiger partial charge >= 0.3 is 5.97 Å². The zero-order valence-electron chi connectivity index (χ0n) is 14.9. The molecule has 1 aromatic rings. The molecule has 1 heterocycles. The number of esters is 1. The van der Waals surface area contributed by atoms with Crippen molar-refractivity contribution in [1.82, 2.24) is 4.90 Å². The molecular weight excluding hydrogens is 344 g/mol. The number of piperidine rings is 1. The Bertz CT molecular complexity index is 628. The molecule has 0 unspecified atom stereocenters. The first kappa shape index (κ1) is 19.4. The van der Waals surface area contributed by atoms with Gasteiger partial charge in [0.1, 0.15) is 5.75 Å². The third kappa shape index (κ3) is 5.01. The Morgan fingerprint density at radius 2 is 2.00 bits per heavy atom. The van der Waals surface area contributed by atoms with Crippen molar-refractivity contribution in [2.24, 2.45) is 5.92 Å². The van der Waals surface area contributed by atoms with Crippen molar-refractivity contribution < 1.29 is 19.1 Å². The highest BCUT2D eigenvalue weighted by molar-refractivity contribution is 6.31. The number of hydrogen-bond acceptors (Lipinski definition) is 5. The van der Waals surface area contributed by atoms with E-state index < -0.39 is 0 Å². The average molecular weight is 369 g/mol. The number of likely N-dealkylation sites (tertiary alicyclic amines) is 1. The summed E-state index contributed by atoms with van der Waals surface area (Å²) in [7, 11) is 1.56. The fourth-order valence-corrected chi connectivity index (χ4v) is 3.03. The maximum Gasteiger partial charge on any atom is 0.309 e. The summed E-state index contributed by atoms with van der Waals surface area (Å²) in [5.41, 5.74) is 1.65. The van der Waals surface area contributed by atoms with E-state index in [1.54, 1.807) is 25.0 Å². The van der Waals surface area contributed by atoms with Crippen LogP contribution in [0.1, 0.15) is 25.3 Å². The molecule has 1 saturated heterocycles. The molecule has 1 aliphatic heterocycles. The highest BCUT2D eigenvalue weighted by Crippen LogP contribution is 2.30. The van der Waals surface area contributed by atoms with Gasteiger partial charge in [0, 0.05) is 24.2 Å². The van der Waals surface area contributed by atoms with Crippen LogP contribution < -0.4 is 10.1 Å². The molecular formula is C18H25ClN2O4. The number of amides is 1. The van der Waals surface area contributed by atoms with Crippen LogP contribution in [0.5, 0.6) is 5.75 Å². The second-order valence-corrected chi connectivity index (χ2v) is 6.47. The lowest BCUT2D eigenvalue weighted by atomic mass is 9.97. The summed E-state index contributed by atoms with van der Waals surface area (Å²) in [5, 5.41) is 3.74. The molecule has 0 radical (unpaired) electrons. The third-order valence-electron chi connectivity index (χ3n) is 4.38. The minimum Gasteiger partial charge on any atom is -0.495 e. The van der Waals surface area contributed by atoms with E-state index in [0.717, 1.165) is 11.3 Å². The first-order valence-electron chi connectivity index (χ1n) is 8.48. The van der Waals surface area contributed by atoms with E-state index in [1.807, 2.05) is 13.0 Å². The first-order chi connectivity index (χ1) is 12.0. The van der Waals surface area contributed by atoms with Crippen LogP contribution in [-0.2, 0) is 14.3 Å². The van der Waals surface area contributed by atoms with Crippen LogP contribution in [0.2, 0.25) is 5.02 Å². The van der Waals surface area contributed by atoms with Gasteiger partial charge in [0.05, 0.1) is 31.9 Å². The molecule has 7 heteroatoms. The minimum atomic E-state index is -0.158. The smallest absolute Gasteiger partial charge is 0.309 e. The number of halogens is 1. The van der Waals surface area contributed by atoms with Crippen LogP contribution in [0, 0.1) is 12.8 Å². The van der Waals surface area contributed by atoms with Gasteiger partial charge in [-0.15, -0.1) is 0 Å². The number of aryl methyl sites for hydroxylation is 1. The van der Waals surface area contributed by atoms with Crippen LogP contribution in [0.15, 0.2) is 12.1 Å². The predicted molar refractivity (Wildman–Crippen MR) is 97.2 cm³/mol. The van der Waals surface area contributed by atoms with E-state index >= 15 is 0 Å². The monoisotopic (exact) mass is 368 g/mol. The molecule has 1 amide bonds. The van der Waals surface area contributed by atoms with E-state index in [1.165, 1.54) is 0 Å². The zero-order chi connectivity index (χ0) is 18.4. The second kappa shape index (κ2) is 8.94. The van der Waals surface area contributed by atoms with E-state index in [4.69, 9.17) is 21.1 Å². The van der Waals surface area contributed by atoms with E-state index in [2.05, 4.69) is 5.32 Å². The lowest BCUT2D eigenvalue weighted by Gasteiger charge is -2.31. The van der Waals surface area contributed by atoms with Crippen molar-refractivity contribution in [1.29, 1.82) is 0 Å². The van der Waals surface area contributed by atoms with Gasteiger partial charge in [-0.3, -0.25) is 9.59 Å². The number of nitrogens with one attached hydrogen (secondary N) is 1. The van der Waals surface area contributed by atoms with Crippen molar-refractivity contribution >= 4 is 29.2 Å². The summed E-state index contributed by atoms with van der Waals surface area (Å²) < 4.78 is 10.3. The number of methoxy groups -OCH3 is 1. The maximum absolute atomic E-state index is 12.4. The van der Waals surface area contributed by atoms with Gasteiger partial charge in [-0.05, 0) is 38.3 Å². The van der Waals surface area contributed by atoms with Gasteiger partial charge in [0.15, 0.2) is 0 Å². The van der Waals surface area contributed by atoms with Gasteiger partial charge in [-0.2, -0.15) is 0 Å². The molecule has 2 rings (SSSR count). The normalized spacial score (nSPS) is 15.0. The molecule has 0 bridgehead atoms. The van der Waals surface area contributed by atoms with E-state index in [0.29, 0.717) is 43.3 Å². The van der Waals surface area contributed by atoms with Gasteiger partial charge in [-0.25, -0.2) is 0 Å². The van der Waals surface area contributed by atoms with Crippen LogP contribution >= 0.6 is 11.6 Å². The summed E-state index contributed by atoms with van der Waals surface area (Å²) in [6.45, 7) is 5.40. The number of anilines is 1. The van der Waals surface area contributed by atoms with E-state index in [-0.39, 0.29) is 24.3 Å². The van der Waals surface area contributed by atoms with Gasteiger partial charge in [-0.1, -0.05) is 11.6 Å². The minimum absolute atomic E-state index is 0.00281. The largest absolute Gasteiger partial charge is 0.495 e. The zero-order valence-corrected chi connectivity index (χ0v) is 15.7. The molecule has 25 heavy (non-hydrogen) atoms. The number of carbonyl (C=O) groups excluding carboxylic acids is 2. The van der Waals surface area contributed by atoms with Crippen LogP contribution in [-0.4, -0.2) is 50.1 Å². The first-order valence-corrected chi connectivity index (χ1v) is 8.86. The Kier molecular flexibility index (Phi) is 6.93. The third-order valence-corrected chi connectivity index (χ3v) is 4.79. The Labute approximate surface area is 153 Å². The fraction of sp³-hybridized carbons (Fsp3) is 0.556. The Morgan fingerprint density at radius 1 is 1.32 bits per heavy atom. The lowest BCUT2D eigenvalue weighted by Crippen LogP contribution is -2.43. The molecule has 1 fully saturated rings. The number of carbonyl (C=O) groups is 2. The van der Waals surface area contributed by atoms with E-state index in [9.17, 15) is 9.59 Å². The number of hydrogen-bond donors (Lipinski definition) is 1. The molecule has 0 atom stereocenters. The van der Waals surface area contributed by atoms with Crippen LogP contribution in [0.4, 0.5) is 5.69 Å². The molecule has 1 N–H and O–H groups in total.